The van der Waals surface area contributed by atoms with Gasteiger partial charge < -0.3 is 5.32 Å². The number of para-hydroxylation sites is 1. The van der Waals surface area contributed by atoms with Crippen molar-refractivity contribution in [3.8, 4) is 6.07 Å². The van der Waals surface area contributed by atoms with Crippen molar-refractivity contribution in [1.82, 2.24) is 0 Å². The van der Waals surface area contributed by atoms with E-state index in [1.165, 1.54) is 12.8 Å². The van der Waals surface area contributed by atoms with Gasteiger partial charge in [0.2, 0.25) is 0 Å². The zero-order valence-electron chi connectivity index (χ0n) is 8.33. The lowest BCUT2D eigenvalue weighted by molar-refractivity contribution is 0.567. The van der Waals surface area contributed by atoms with E-state index in [0.717, 1.165) is 5.69 Å². The quantitative estimate of drug-likeness (QED) is 0.787. The molecule has 1 aliphatic rings. The van der Waals surface area contributed by atoms with Crippen LogP contribution in [0, 0.1) is 17.2 Å². The van der Waals surface area contributed by atoms with E-state index >= 15 is 0 Å². The Bertz CT molecular complexity index is 348. The van der Waals surface area contributed by atoms with E-state index in [4.69, 9.17) is 5.26 Å². The molecule has 0 heterocycles. The van der Waals surface area contributed by atoms with Gasteiger partial charge in [0.05, 0.1) is 6.07 Å². The van der Waals surface area contributed by atoms with Crippen LogP contribution in [-0.2, 0) is 0 Å². The van der Waals surface area contributed by atoms with Crippen molar-refractivity contribution in [3.63, 3.8) is 0 Å². The van der Waals surface area contributed by atoms with Crippen LogP contribution in [0.1, 0.15) is 19.8 Å². The Morgan fingerprint density at radius 3 is 2.50 bits per heavy atom. The molecule has 1 saturated carbocycles. The second-order valence-corrected chi connectivity index (χ2v) is 4.08. The molecule has 1 fully saturated rings. The van der Waals surface area contributed by atoms with Gasteiger partial charge in [-0.15, -0.1) is 0 Å². The molecule has 0 radical (unpaired) electrons. The predicted molar refractivity (Wildman–Crippen MR) is 56.8 cm³/mol. The topological polar surface area (TPSA) is 35.8 Å². The predicted octanol–water partition coefficient (Wildman–Crippen LogP) is 2.79. The molecule has 1 aromatic rings. The Morgan fingerprint density at radius 1 is 1.36 bits per heavy atom. The molecule has 0 aromatic heterocycles. The summed E-state index contributed by atoms with van der Waals surface area (Å²) in [5, 5.41) is 12.5. The van der Waals surface area contributed by atoms with Crippen LogP contribution in [0.25, 0.3) is 0 Å². The molecule has 0 aliphatic heterocycles. The molecule has 0 bridgehead atoms. The maximum absolute atomic E-state index is 9.14. The van der Waals surface area contributed by atoms with Crippen LogP contribution in [0.4, 0.5) is 5.69 Å². The van der Waals surface area contributed by atoms with Crippen LogP contribution >= 0.6 is 0 Å². The molecule has 1 atom stereocenters. The van der Waals surface area contributed by atoms with E-state index in [1.54, 1.807) is 0 Å². The molecule has 2 rings (SSSR count). The minimum atomic E-state index is -0.388. The molecule has 0 saturated heterocycles. The van der Waals surface area contributed by atoms with E-state index in [2.05, 4.69) is 11.4 Å². The highest BCUT2D eigenvalue weighted by atomic mass is 15.0. The lowest BCUT2D eigenvalue weighted by atomic mass is 9.97. The van der Waals surface area contributed by atoms with E-state index in [0.29, 0.717) is 5.92 Å². The number of hydrogen-bond acceptors (Lipinski definition) is 2. The average Bonchev–Trinajstić information content (AvgIpc) is 3.03. The van der Waals surface area contributed by atoms with Gasteiger partial charge in [-0.2, -0.15) is 5.26 Å². The Hall–Kier alpha value is -1.49. The number of hydrogen-bond donors (Lipinski definition) is 1. The summed E-state index contributed by atoms with van der Waals surface area (Å²) in [6, 6.07) is 12.3. The summed E-state index contributed by atoms with van der Waals surface area (Å²) < 4.78 is 0. The minimum absolute atomic E-state index is 0.388. The fourth-order valence-electron chi connectivity index (χ4n) is 1.70. The first kappa shape index (κ1) is 9.08. The highest BCUT2D eigenvalue weighted by Gasteiger charge is 2.41. The first-order chi connectivity index (χ1) is 6.74. The number of nitriles is 1. The molecule has 0 amide bonds. The molecule has 1 aromatic carbocycles. The maximum atomic E-state index is 9.14. The maximum Gasteiger partial charge on any atom is 0.125 e. The molecule has 72 valence electrons. The molecular formula is C12H14N2. The molecule has 1 unspecified atom stereocenters. The second-order valence-electron chi connectivity index (χ2n) is 4.08. The average molecular weight is 186 g/mol. The van der Waals surface area contributed by atoms with E-state index in [-0.39, 0.29) is 5.54 Å². The van der Waals surface area contributed by atoms with E-state index in [1.807, 2.05) is 37.3 Å². The van der Waals surface area contributed by atoms with E-state index in [9.17, 15) is 0 Å². The van der Waals surface area contributed by atoms with Crippen molar-refractivity contribution in [2.45, 2.75) is 25.3 Å². The monoisotopic (exact) mass is 186 g/mol. The summed E-state index contributed by atoms with van der Waals surface area (Å²) in [5.74, 6) is 0.521. The lowest BCUT2D eigenvalue weighted by Crippen LogP contribution is -2.35. The van der Waals surface area contributed by atoms with Gasteiger partial charge in [-0.3, -0.25) is 0 Å². The highest BCUT2D eigenvalue weighted by molar-refractivity contribution is 5.47. The third-order valence-electron chi connectivity index (χ3n) is 2.80. The van der Waals surface area contributed by atoms with Crippen LogP contribution in [0.15, 0.2) is 30.3 Å². The van der Waals surface area contributed by atoms with Crippen molar-refractivity contribution in [2.24, 2.45) is 5.92 Å². The summed E-state index contributed by atoms with van der Waals surface area (Å²) in [7, 11) is 0. The van der Waals surface area contributed by atoms with Crippen LogP contribution in [0.3, 0.4) is 0 Å². The van der Waals surface area contributed by atoms with Crippen LogP contribution in [0.5, 0.6) is 0 Å². The van der Waals surface area contributed by atoms with Gasteiger partial charge in [0.25, 0.3) is 0 Å². The minimum Gasteiger partial charge on any atom is -0.367 e. The number of nitrogens with one attached hydrogen (secondary N) is 1. The fraction of sp³-hybridized carbons (Fsp3) is 0.417. The Morgan fingerprint density at radius 2 is 2.00 bits per heavy atom. The lowest BCUT2D eigenvalue weighted by Gasteiger charge is -2.24. The molecule has 2 heteroatoms. The van der Waals surface area contributed by atoms with Crippen molar-refractivity contribution in [1.29, 1.82) is 5.26 Å². The summed E-state index contributed by atoms with van der Waals surface area (Å²) in [5.41, 5.74) is 0.643. The van der Waals surface area contributed by atoms with Crippen LogP contribution < -0.4 is 5.32 Å². The zero-order valence-corrected chi connectivity index (χ0v) is 8.33. The highest BCUT2D eigenvalue weighted by Crippen LogP contribution is 2.40. The first-order valence-corrected chi connectivity index (χ1v) is 4.99. The molecule has 1 aliphatic carbocycles. The summed E-state index contributed by atoms with van der Waals surface area (Å²) in [4.78, 5) is 0. The van der Waals surface area contributed by atoms with Crippen molar-refractivity contribution < 1.29 is 0 Å². The number of rotatable bonds is 3. The van der Waals surface area contributed by atoms with Gasteiger partial charge in [0.1, 0.15) is 5.54 Å². The van der Waals surface area contributed by atoms with Crippen molar-refractivity contribution in [3.05, 3.63) is 30.3 Å². The first-order valence-electron chi connectivity index (χ1n) is 4.99. The van der Waals surface area contributed by atoms with Crippen molar-refractivity contribution >= 4 is 5.69 Å². The second kappa shape index (κ2) is 3.34. The summed E-state index contributed by atoms with van der Waals surface area (Å²) >= 11 is 0. The molecule has 2 nitrogen and oxygen atoms in total. The van der Waals surface area contributed by atoms with Gasteiger partial charge in [-0.1, -0.05) is 18.2 Å². The van der Waals surface area contributed by atoms with Crippen LogP contribution in [-0.4, -0.2) is 5.54 Å². The number of anilines is 1. The van der Waals surface area contributed by atoms with Gasteiger partial charge in [0.15, 0.2) is 0 Å². The molecule has 14 heavy (non-hydrogen) atoms. The summed E-state index contributed by atoms with van der Waals surface area (Å²) in [6.07, 6.45) is 2.34. The zero-order chi connectivity index (χ0) is 10.0. The third kappa shape index (κ3) is 1.72. The summed E-state index contributed by atoms with van der Waals surface area (Å²) in [6.45, 7) is 1.98. The molecule has 1 N–H and O–H groups in total. The number of nitrogens with zero attached hydrogens (tertiary/aromatic N) is 1. The number of benzene rings is 1. The Labute approximate surface area is 84.6 Å². The smallest absolute Gasteiger partial charge is 0.125 e. The Balaban J connectivity index is 2.13. The van der Waals surface area contributed by atoms with E-state index < -0.39 is 0 Å². The SMILES string of the molecule is CC(C#N)(Nc1ccccc1)C1CC1. The Kier molecular flexibility index (Phi) is 2.17. The molecular weight excluding hydrogens is 172 g/mol. The largest absolute Gasteiger partial charge is 0.367 e. The molecule has 0 spiro atoms. The van der Waals surface area contributed by atoms with Crippen LogP contribution in [0.2, 0.25) is 0 Å². The van der Waals surface area contributed by atoms with Gasteiger partial charge >= 0.3 is 0 Å². The third-order valence-corrected chi connectivity index (χ3v) is 2.80. The van der Waals surface area contributed by atoms with Crippen molar-refractivity contribution in [2.75, 3.05) is 5.32 Å². The van der Waals surface area contributed by atoms with Gasteiger partial charge in [0, 0.05) is 5.69 Å². The van der Waals surface area contributed by atoms with Gasteiger partial charge in [-0.05, 0) is 37.8 Å². The fourth-order valence-corrected chi connectivity index (χ4v) is 1.70. The normalized spacial score (nSPS) is 19.4. The standard InChI is InChI=1S/C12H14N2/c1-12(9-13,10-7-8-10)14-11-5-3-2-4-6-11/h2-6,10,14H,7-8H2,1H3. The van der Waals surface area contributed by atoms with Gasteiger partial charge in [-0.25, -0.2) is 0 Å².